The van der Waals surface area contributed by atoms with Gasteiger partial charge in [-0.25, -0.2) is 8.78 Å². The minimum absolute atomic E-state index is 0. The van der Waals surface area contributed by atoms with Gasteiger partial charge in [-0.15, -0.1) is 12.4 Å². The lowest BCUT2D eigenvalue weighted by molar-refractivity contribution is -0.136. The largest absolute Gasteiger partial charge is 0.342 e. The summed E-state index contributed by atoms with van der Waals surface area (Å²) in [5.41, 5.74) is 6.73. The molecule has 3 unspecified atom stereocenters. The van der Waals surface area contributed by atoms with Crippen molar-refractivity contribution in [2.75, 3.05) is 13.1 Å². The van der Waals surface area contributed by atoms with Gasteiger partial charge in [-0.05, 0) is 41.9 Å². The van der Waals surface area contributed by atoms with E-state index in [9.17, 15) is 13.6 Å². The maximum Gasteiger partial charge on any atom is 0.226 e. The summed E-state index contributed by atoms with van der Waals surface area (Å²) in [5.74, 6) is -1.66. The molecule has 1 saturated carbocycles. The lowest BCUT2D eigenvalue weighted by atomic mass is 9.79. The van der Waals surface area contributed by atoms with Crippen LogP contribution in [0.3, 0.4) is 0 Å². The summed E-state index contributed by atoms with van der Waals surface area (Å²) in [6.07, 6.45) is 1.52. The van der Waals surface area contributed by atoms with E-state index in [0.717, 1.165) is 12.5 Å². The smallest absolute Gasteiger partial charge is 0.226 e. The van der Waals surface area contributed by atoms with Gasteiger partial charge in [-0.3, -0.25) is 4.79 Å². The summed E-state index contributed by atoms with van der Waals surface area (Å²) in [4.78, 5) is 14.5. The first kappa shape index (κ1) is 18.1. The minimum atomic E-state index is -0.848. The maximum absolute atomic E-state index is 13.3. The molecule has 0 aromatic heterocycles. The molecular weight excluding hydrogens is 322 g/mol. The van der Waals surface area contributed by atoms with Crippen molar-refractivity contribution in [3.8, 4) is 0 Å². The first-order chi connectivity index (χ1) is 10.3. The van der Waals surface area contributed by atoms with Crippen molar-refractivity contribution in [3.63, 3.8) is 0 Å². The number of rotatable bonds is 2. The molecule has 23 heavy (non-hydrogen) atoms. The molecule has 0 spiro atoms. The third-order valence-electron chi connectivity index (χ3n) is 5.10. The lowest BCUT2D eigenvalue weighted by Crippen LogP contribution is -2.54. The highest BCUT2D eigenvalue weighted by Gasteiger charge is 2.47. The summed E-state index contributed by atoms with van der Waals surface area (Å²) >= 11 is 0. The Kier molecular flexibility index (Phi) is 5.02. The second kappa shape index (κ2) is 6.36. The highest BCUT2D eigenvalue weighted by Crippen LogP contribution is 2.49. The van der Waals surface area contributed by atoms with E-state index in [-0.39, 0.29) is 41.6 Å². The topological polar surface area (TPSA) is 46.3 Å². The van der Waals surface area contributed by atoms with Gasteiger partial charge in [0.2, 0.25) is 5.91 Å². The number of nitrogens with zero attached hydrogens (tertiary/aromatic N) is 1. The van der Waals surface area contributed by atoms with Crippen LogP contribution in [0.25, 0.3) is 0 Å². The molecule has 1 saturated heterocycles. The van der Waals surface area contributed by atoms with Crippen LogP contribution in [0.4, 0.5) is 8.78 Å². The molecule has 1 aliphatic carbocycles. The monoisotopic (exact) mass is 344 g/mol. The predicted octanol–water partition coefficient (Wildman–Crippen LogP) is 3.08. The number of hydrogen-bond donors (Lipinski definition) is 1. The highest BCUT2D eigenvalue weighted by atomic mass is 35.5. The number of amides is 1. The van der Waals surface area contributed by atoms with E-state index in [4.69, 9.17) is 5.73 Å². The number of nitrogens with two attached hydrogens (primary N) is 1. The maximum atomic E-state index is 13.3. The van der Waals surface area contributed by atoms with Gasteiger partial charge in [0.25, 0.3) is 0 Å². The van der Waals surface area contributed by atoms with Crippen LogP contribution < -0.4 is 5.73 Å². The summed E-state index contributed by atoms with van der Waals surface area (Å²) in [6.45, 7) is 5.51. The standard InChI is InChI=1S/C17H22F2N2O.ClH/c1-17(2)9-21(6-5-15(17)20)16(22)12-8-11(12)10-3-4-13(18)14(19)7-10;/h3-4,7,11-12,15H,5-6,8-9,20H2,1-2H3;1H. The van der Waals surface area contributed by atoms with Gasteiger partial charge in [0, 0.05) is 25.0 Å². The zero-order valence-corrected chi connectivity index (χ0v) is 14.2. The minimum Gasteiger partial charge on any atom is -0.342 e. The lowest BCUT2D eigenvalue weighted by Gasteiger charge is -2.42. The van der Waals surface area contributed by atoms with Crippen molar-refractivity contribution in [1.82, 2.24) is 4.90 Å². The SMILES string of the molecule is CC1(C)CN(C(=O)C2CC2c2ccc(F)c(F)c2)CCC1N.Cl. The summed E-state index contributed by atoms with van der Waals surface area (Å²) in [7, 11) is 0. The second-order valence-electron chi connectivity index (χ2n) is 7.27. The summed E-state index contributed by atoms with van der Waals surface area (Å²) in [6, 6.07) is 4.03. The zero-order valence-electron chi connectivity index (χ0n) is 13.4. The molecule has 0 radical (unpaired) electrons. The van der Waals surface area contributed by atoms with Crippen molar-refractivity contribution in [3.05, 3.63) is 35.4 Å². The molecule has 1 aliphatic heterocycles. The Labute approximate surface area is 141 Å². The number of carbonyl (C=O) groups excluding carboxylic acids is 1. The Balaban J connectivity index is 0.00000192. The van der Waals surface area contributed by atoms with E-state index in [0.29, 0.717) is 25.1 Å². The van der Waals surface area contributed by atoms with Crippen LogP contribution in [0.2, 0.25) is 0 Å². The van der Waals surface area contributed by atoms with Crippen molar-refractivity contribution >= 4 is 18.3 Å². The molecule has 2 fully saturated rings. The summed E-state index contributed by atoms with van der Waals surface area (Å²) < 4.78 is 26.3. The van der Waals surface area contributed by atoms with E-state index in [1.807, 2.05) is 4.90 Å². The Morgan fingerprint density at radius 1 is 1.30 bits per heavy atom. The molecule has 2 aliphatic rings. The molecule has 3 nitrogen and oxygen atoms in total. The van der Waals surface area contributed by atoms with Crippen molar-refractivity contribution < 1.29 is 13.6 Å². The normalized spacial score (nSPS) is 28.9. The third-order valence-corrected chi connectivity index (χ3v) is 5.10. The fourth-order valence-electron chi connectivity index (χ4n) is 3.38. The Bertz CT molecular complexity index is 608. The molecule has 1 aromatic carbocycles. The summed E-state index contributed by atoms with van der Waals surface area (Å²) in [5, 5.41) is 0. The van der Waals surface area contributed by atoms with Crippen LogP contribution >= 0.6 is 12.4 Å². The van der Waals surface area contributed by atoms with Crippen LogP contribution in [-0.2, 0) is 4.79 Å². The van der Waals surface area contributed by atoms with Crippen molar-refractivity contribution in [2.45, 2.75) is 38.6 Å². The molecule has 2 N–H and O–H groups in total. The van der Waals surface area contributed by atoms with E-state index < -0.39 is 11.6 Å². The van der Waals surface area contributed by atoms with Gasteiger partial charge in [0.05, 0.1) is 0 Å². The molecule has 3 rings (SSSR count). The van der Waals surface area contributed by atoms with Gasteiger partial charge in [-0.2, -0.15) is 0 Å². The predicted molar refractivity (Wildman–Crippen MR) is 87.4 cm³/mol. The number of halogens is 3. The van der Waals surface area contributed by atoms with Crippen LogP contribution in [0.1, 0.15) is 38.2 Å². The Morgan fingerprint density at radius 3 is 2.61 bits per heavy atom. The first-order valence-corrected chi connectivity index (χ1v) is 7.79. The van der Waals surface area contributed by atoms with Crippen LogP contribution in [0.5, 0.6) is 0 Å². The number of benzene rings is 1. The first-order valence-electron chi connectivity index (χ1n) is 7.79. The molecule has 3 atom stereocenters. The highest BCUT2D eigenvalue weighted by molar-refractivity contribution is 5.85. The average Bonchev–Trinajstić information content (AvgIpc) is 3.24. The Morgan fingerprint density at radius 2 is 2.00 bits per heavy atom. The van der Waals surface area contributed by atoms with Gasteiger partial charge in [-0.1, -0.05) is 19.9 Å². The average molecular weight is 345 g/mol. The number of hydrogen-bond acceptors (Lipinski definition) is 2. The van der Waals surface area contributed by atoms with Gasteiger partial charge in [0.15, 0.2) is 11.6 Å². The van der Waals surface area contributed by atoms with Crippen molar-refractivity contribution in [2.24, 2.45) is 17.1 Å². The van der Waals surface area contributed by atoms with Crippen LogP contribution in [0, 0.1) is 23.0 Å². The van der Waals surface area contributed by atoms with Gasteiger partial charge >= 0.3 is 0 Å². The second-order valence-corrected chi connectivity index (χ2v) is 7.27. The molecule has 1 heterocycles. The number of piperidine rings is 1. The number of likely N-dealkylation sites (tertiary alicyclic amines) is 1. The fourth-order valence-corrected chi connectivity index (χ4v) is 3.38. The van der Waals surface area contributed by atoms with E-state index in [2.05, 4.69) is 13.8 Å². The van der Waals surface area contributed by atoms with E-state index in [1.165, 1.54) is 6.07 Å². The quantitative estimate of drug-likeness (QED) is 0.896. The van der Waals surface area contributed by atoms with Gasteiger partial charge in [0.1, 0.15) is 0 Å². The Hall–Kier alpha value is -1.20. The fraction of sp³-hybridized carbons (Fsp3) is 0.588. The van der Waals surface area contributed by atoms with Crippen molar-refractivity contribution in [1.29, 1.82) is 0 Å². The van der Waals surface area contributed by atoms with Crippen LogP contribution in [0.15, 0.2) is 18.2 Å². The molecule has 1 aromatic rings. The zero-order chi connectivity index (χ0) is 16.1. The number of carbonyl (C=O) groups is 1. The molecule has 0 bridgehead atoms. The molecule has 1 amide bonds. The molecule has 128 valence electrons. The van der Waals surface area contributed by atoms with E-state index in [1.54, 1.807) is 6.07 Å². The van der Waals surface area contributed by atoms with Crippen LogP contribution in [-0.4, -0.2) is 29.9 Å². The van der Waals surface area contributed by atoms with Gasteiger partial charge < -0.3 is 10.6 Å². The third kappa shape index (κ3) is 3.50. The van der Waals surface area contributed by atoms with E-state index >= 15 is 0 Å². The molecular formula is C17H23ClF2N2O. The molecule has 6 heteroatoms.